The van der Waals surface area contributed by atoms with Gasteiger partial charge in [-0.15, -0.1) is 0 Å². The lowest BCUT2D eigenvalue weighted by atomic mass is 10.0. The highest BCUT2D eigenvalue weighted by molar-refractivity contribution is 5.76. The summed E-state index contributed by atoms with van der Waals surface area (Å²) in [7, 11) is 0. The van der Waals surface area contributed by atoms with Crippen LogP contribution < -0.4 is 5.32 Å². The highest BCUT2D eigenvalue weighted by Gasteiger charge is 2.18. The van der Waals surface area contributed by atoms with E-state index < -0.39 is 12.1 Å². The molecule has 0 saturated heterocycles. The maximum atomic E-state index is 12.5. The molecule has 0 heterocycles. The van der Waals surface area contributed by atoms with E-state index in [0.717, 1.165) is 51.4 Å². The van der Waals surface area contributed by atoms with Crippen molar-refractivity contribution in [3.05, 3.63) is 36.5 Å². The molecule has 0 aliphatic carbocycles. The first-order valence-corrected chi connectivity index (χ1v) is 40.8. The molecule has 0 radical (unpaired) electrons. The molecule has 0 spiro atoms. The fourth-order valence-electron chi connectivity index (χ4n) is 13.0. The van der Waals surface area contributed by atoms with Gasteiger partial charge in [0.1, 0.15) is 0 Å². The van der Waals surface area contributed by atoms with Gasteiger partial charge in [0.15, 0.2) is 0 Å². The van der Waals surface area contributed by atoms with Crippen LogP contribution in [0.4, 0.5) is 0 Å². The third-order valence-corrected chi connectivity index (χ3v) is 19.2. The van der Waals surface area contributed by atoms with E-state index in [9.17, 15) is 19.8 Å². The number of unbranched alkanes of at least 4 members (excludes halogenated alkanes) is 62. The van der Waals surface area contributed by atoms with Crippen molar-refractivity contribution in [1.82, 2.24) is 5.32 Å². The number of rotatable bonds is 77. The van der Waals surface area contributed by atoms with Gasteiger partial charge in [-0.3, -0.25) is 9.59 Å². The topological polar surface area (TPSA) is 95.9 Å². The minimum atomic E-state index is -0.842. The van der Waals surface area contributed by atoms with E-state index in [1.165, 1.54) is 379 Å². The van der Waals surface area contributed by atoms with Crippen LogP contribution in [0.15, 0.2) is 36.5 Å². The molecule has 0 rings (SSSR count). The molecule has 0 saturated carbocycles. The maximum absolute atomic E-state index is 12.5. The summed E-state index contributed by atoms with van der Waals surface area (Å²) in [5, 5.41) is 23.3. The Morgan fingerprint density at radius 3 is 0.876 bits per heavy atom. The number of hydrogen-bond donors (Lipinski definition) is 3. The summed E-state index contributed by atoms with van der Waals surface area (Å²) in [5.41, 5.74) is 0. The number of carbonyl (C=O) groups excluding carboxylic acids is 2. The molecule has 0 aromatic heterocycles. The van der Waals surface area contributed by atoms with Gasteiger partial charge < -0.3 is 20.3 Å². The van der Waals surface area contributed by atoms with Gasteiger partial charge in [0.25, 0.3) is 0 Å². The van der Waals surface area contributed by atoms with Crippen molar-refractivity contribution in [3.8, 4) is 0 Å². The lowest BCUT2D eigenvalue weighted by Gasteiger charge is -2.20. The van der Waals surface area contributed by atoms with Crippen molar-refractivity contribution in [3.63, 3.8) is 0 Å². The van der Waals surface area contributed by atoms with Crippen molar-refractivity contribution in [2.45, 2.75) is 469 Å². The Bertz CT molecular complexity index is 1440. The summed E-state index contributed by atoms with van der Waals surface area (Å²) in [6.07, 6.45) is 103. The Morgan fingerprint density at radius 1 is 0.315 bits per heavy atom. The second-order valence-electron chi connectivity index (χ2n) is 28.1. The monoisotopic (exact) mass is 1250 g/mol. The average Bonchev–Trinajstić information content (AvgIpc) is 3.57. The van der Waals surface area contributed by atoms with Crippen LogP contribution in [0.1, 0.15) is 457 Å². The molecule has 2 unspecified atom stereocenters. The summed E-state index contributed by atoms with van der Waals surface area (Å²) in [4.78, 5) is 24.7. The van der Waals surface area contributed by atoms with Crippen LogP contribution in [-0.4, -0.2) is 47.4 Å². The summed E-state index contributed by atoms with van der Waals surface area (Å²) in [6, 6.07) is -0.625. The van der Waals surface area contributed by atoms with E-state index in [-0.39, 0.29) is 18.5 Å². The second-order valence-corrected chi connectivity index (χ2v) is 28.1. The maximum Gasteiger partial charge on any atom is 0.305 e. The molecule has 1 amide bonds. The molecule has 89 heavy (non-hydrogen) atoms. The molecular weight excluding hydrogens is 1090 g/mol. The molecule has 0 aliphatic rings. The summed E-state index contributed by atoms with van der Waals surface area (Å²) in [5.74, 6) is -0.0402. The SMILES string of the molecule is CCCCC/C=C\C/C=C\CCCCCCCCCCCC(=O)OCCCCCCCCCCCCCCCCCCCCCCCCCCCCCCCCCCCC(=O)NC(CO)C(O)/C=C/CCCCCCCCCCCCCCCCCCCC. The molecule has 2 atom stereocenters. The van der Waals surface area contributed by atoms with E-state index in [0.29, 0.717) is 19.4 Å². The molecule has 0 aromatic carbocycles. The van der Waals surface area contributed by atoms with Gasteiger partial charge in [-0.05, 0) is 64.2 Å². The van der Waals surface area contributed by atoms with Crippen LogP contribution in [-0.2, 0) is 14.3 Å². The number of esters is 1. The molecule has 6 nitrogen and oxygen atoms in total. The smallest absolute Gasteiger partial charge is 0.305 e. The fraction of sp³-hybridized carbons (Fsp3) is 0.904. The average molecular weight is 1250 g/mol. The van der Waals surface area contributed by atoms with Crippen molar-refractivity contribution in [1.29, 1.82) is 0 Å². The number of nitrogens with one attached hydrogen (secondary N) is 1. The second kappa shape index (κ2) is 78.5. The van der Waals surface area contributed by atoms with Crippen molar-refractivity contribution < 1.29 is 24.5 Å². The normalized spacial score (nSPS) is 12.6. The van der Waals surface area contributed by atoms with E-state index in [1.807, 2.05) is 6.08 Å². The molecule has 0 bridgehead atoms. The Balaban J connectivity index is 3.33. The third kappa shape index (κ3) is 75.0. The Labute approximate surface area is 557 Å². The van der Waals surface area contributed by atoms with Gasteiger partial charge in [-0.1, -0.05) is 416 Å². The van der Waals surface area contributed by atoms with Gasteiger partial charge in [0, 0.05) is 12.8 Å². The first kappa shape index (κ1) is 87.1. The van der Waals surface area contributed by atoms with Crippen molar-refractivity contribution in [2.24, 2.45) is 0 Å². The molecule has 6 heteroatoms. The minimum absolute atomic E-state index is 0.0185. The number of amides is 1. The molecule has 0 fully saturated rings. The Hall–Kier alpha value is -1.92. The lowest BCUT2D eigenvalue weighted by molar-refractivity contribution is -0.143. The summed E-state index contributed by atoms with van der Waals surface area (Å²) < 4.78 is 5.52. The number of hydrogen-bond acceptors (Lipinski definition) is 5. The zero-order chi connectivity index (χ0) is 64.2. The highest BCUT2D eigenvalue weighted by atomic mass is 16.5. The minimum Gasteiger partial charge on any atom is -0.466 e. The Kier molecular flexibility index (Phi) is 76.8. The van der Waals surface area contributed by atoms with Crippen LogP contribution in [0.5, 0.6) is 0 Å². The van der Waals surface area contributed by atoms with E-state index in [1.54, 1.807) is 6.08 Å². The van der Waals surface area contributed by atoms with E-state index in [2.05, 4.69) is 43.5 Å². The molecule has 526 valence electrons. The summed E-state index contributed by atoms with van der Waals surface area (Å²) in [6.45, 7) is 4.93. The number of carbonyl (C=O) groups is 2. The Morgan fingerprint density at radius 2 is 0.562 bits per heavy atom. The zero-order valence-corrected chi connectivity index (χ0v) is 60.4. The van der Waals surface area contributed by atoms with Crippen molar-refractivity contribution >= 4 is 11.9 Å². The summed E-state index contributed by atoms with van der Waals surface area (Å²) >= 11 is 0. The van der Waals surface area contributed by atoms with Gasteiger partial charge in [0.2, 0.25) is 5.91 Å². The van der Waals surface area contributed by atoms with Crippen LogP contribution in [0, 0.1) is 0 Å². The quantitative estimate of drug-likeness (QED) is 0.0320. The third-order valence-electron chi connectivity index (χ3n) is 19.2. The molecular formula is C83H159NO5. The fourth-order valence-corrected chi connectivity index (χ4v) is 13.0. The molecule has 3 N–H and O–H groups in total. The van der Waals surface area contributed by atoms with Crippen LogP contribution in [0.2, 0.25) is 0 Å². The van der Waals surface area contributed by atoms with E-state index >= 15 is 0 Å². The van der Waals surface area contributed by atoms with Gasteiger partial charge in [-0.25, -0.2) is 0 Å². The predicted octanol–water partition coefficient (Wildman–Crippen LogP) is 27.0. The highest BCUT2D eigenvalue weighted by Crippen LogP contribution is 2.20. The van der Waals surface area contributed by atoms with E-state index in [4.69, 9.17) is 4.74 Å². The standard InChI is InChI=1S/C83H159NO5/c1-3-5-7-9-11-13-15-17-19-21-23-40-43-47-51-55-59-63-67-71-75-81(86)80(79-85)84-82(87)76-72-68-64-60-56-52-48-44-41-37-35-33-31-29-27-25-24-26-28-30-32-34-36-38-42-46-50-54-58-62-66-70-74-78-89-83(88)77-73-69-65-61-57-53-49-45-39-22-20-18-16-14-12-10-8-6-4-2/h12,14,18,20,71,75,80-81,85-86H,3-11,13,15-17,19,21-70,72-74,76-79H2,1-2H3,(H,84,87)/b14-12-,20-18-,75-71+. The lowest BCUT2D eigenvalue weighted by Crippen LogP contribution is -2.45. The zero-order valence-electron chi connectivity index (χ0n) is 60.4. The van der Waals surface area contributed by atoms with Crippen molar-refractivity contribution in [2.75, 3.05) is 13.2 Å². The largest absolute Gasteiger partial charge is 0.466 e. The number of aliphatic hydroxyl groups excluding tert-OH is 2. The van der Waals surface area contributed by atoms with Gasteiger partial charge in [0.05, 0.1) is 25.4 Å². The number of allylic oxidation sites excluding steroid dienone is 5. The number of ether oxygens (including phenoxy) is 1. The van der Waals surface area contributed by atoms with Crippen LogP contribution in [0.3, 0.4) is 0 Å². The predicted molar refractivity (Wildman–Crippen MR) is 393 cm³/mol. The van der Waals surface area contributed by atoms with Gasteiger partial charge in [-0.2, -0.15) is 0 Å². The number of aliphatic hydroxyl groups is 2. The first-order chi connectivity index (χ1) is 44.0. The van der Waals surface area contributed by atoms with Crippen LogP contribution >= 0.6 is 0 Å². The first-order valence-electron chi connectivity index (χ1n) is 40.8. The molecule has 0 aliphatic heterocycles. The van der Waals surface area contributed by atoms with Crippen LogP contribution in [0.25, 0.3) is 0 Å². The molecule has 0 aromatic rings. The van der Waals surface area contributed by atoms with Gasteiger partial charge >= 0.3 is 5.97 Å².